The number of oxazole rings is 1. The van der Waals surface area contributed by atoms with Crippen molar-refractivity contribution in [3.63, 3.8) is 0 Å². The summed E-state index contributed by atoms with van der Waals surface area (Å²) in [6, 6.07) is 7.74. The van der Waals surface area contributed by atoms with E-state index in [1.54, 1.807) is 6.20 Å². The second-order valence-corrected chi connectivity index (χ2v) is 6.09. The van der Waals surface area contributed by atoms with Crippen molar-refractivity contribution >= 4 is 11.6 Å². The highest BCUT2D eigenvalue weighted by Crippen LogP contribution is 2.40. The third kappa shape index (κ3) is 2.76. The molecule has 1 aromatic carbocycles. The smallest absolute Gasteiger partial charge is 0.228 e. The second kappa shape index (κ2) is 5.57. The van der Waals surface area contributed by atoms with Gasteiger partial charge in [0.1, 0.15) is 0 Å². The van der Waals surface area contributed by atoms with Gasteiger partial charge in [-0.3, -0.25) is 4.79 Å². The Balaban J connectivity index is 1.44. The fraction of sp³-hybridized carbons (Fsp3) is 0.412. The predicted octanol–water partition coefficient (Wildman–Crippen LogP) is 2.77. The fourth-order valence-corrected chi connectivity index (χ4v) is 2.78. The number of amides is 1. The van der Waals surface area contributed by atoms with Crippen molar-refractivity contribution in [2.24, 2.45) is 5.92 Å². The average Bonchev–Trinajstić information content (AvgIpc) is 3.05. The topological polar surface area (TPSA) is 67.2 Å². The number of hydrogen-bond donors (Lipinski definition) is 2. The largest absolute Gasteiger partial charge is 0.440 e. The van der Waals surface area contributed by atoms with Crippen LogP contribution in [0.2, 0.25) is 0 Å². The number of carbonyl (C=O) groups excluding carboxylic acids is 1. The molecule has 0 spiro atoms. The van der Waals surface area contributed by atoms with Crippen molar-refractivity contribution in [3.05, 3.63) is 36.4 Å². The van der Waals surface area contributed by atoms with Gasteiger partial charge in [0.2, 0.25) is 5.91 Å². The van der Waals surface area contributed by atoms with Gasteiger partial charge in [0.05, 0.1) is 12.1 Å². The van der Waals surface area contributed by atoms with Crippen molar-refractivity contribution in [2.45, 2.75) is 25.2 Å². The van der Waals surface area contributed by atoms with Crippen LogP contribution in [-0.4, -0.2) is 24.0 Å². The zero-order valence-corrected chi connectivity index (χ0v) is 12.3. The molecule has 0 bridgehead atoms. The first kappa shape index (κ1) is 13.5. The van der Waals surface area contributed by atoms with Crippen molar-refractivity contribution in [2.75, 3.05) is 18.4 Å². The van der Waals surface area contributed by atoms with Crippen molar-refractivity contribution in [3.8, 4) is 11.3 Å². The number of carbonyl (C=O) groups is 1. The molecule has 1 unspecified atom stereocenters. The van der Waals surface area contributed by atoms with E-state index < -0.39 is 0 Å². The lowest BCUT2D eigenvalue weighted by atomic mass is 10.1. The van der Waals surface area contributed by atoms with Gasteiger partial charge in [0.25, 0.3) is 0 Å². The summed E-state index contributed by atoms with van der Waals surface area (Å²) >= 11 is 0. The monoisotopic (exact) mass is 297 g/mol. The molecular formula is C17H19N3O2. The maximum absolute atomic E-state index is 12.1. The lowest BCUT2D eigenvalue weighted by Crippen LogP contribution is -2.24. The van der Waals surface area contributed by atoms with E-state index in [1.807, 2.05) is 24.3 Å². The van der Waals surface area contributed by atoms with Gasteiger partial charge < -0.3 is 15.1 Å². The van der Waals surface area contributed by atoms with E-state index in [0.717, 1.165) is 42.4 Å². The summed E-state index contributed by atoms with van der Waals surface area (Å²) in [4.78, 5) is 16.4. The summed E-state index contributed by atoms with van der Waals surface area (Å²) in [6.07, 6.45) is 5.05. The van der Waals surface area contributed by atoms with Crippen LogP contribution < -0.4 is 10.6 Å². The van der Waals surface area contributed by atoms with Crippen molar-refractivity contribution in [1.29, 1.82) is 0 Å². The number of aromatic nitrogens is 1. The highest BCUT2D eigenvalue weighted by Gasteiger charge is 2.28. The molecule has 1 saturated carbocycles. The molecule has 5 nitrogen and oxygen atoms in total. The quantitative estimate of drug-likeness (QED) is 0.910. The van der Waals surface area contributed by atoms with Crippen LogP contribution in [0.25, 0.3) is 11.3 Å². The Hall–Kier alpha value is -2.14. The summed E-state index contributed by atoms with van der Waals surface area (Å²) in [5.41, 5.74) is 1.81. The van der Waals surface area contributed by atoms with Gasteiger partial charge in [-0.1, -0.05) is 0 Å². The van der Waals surface area contributed by atoms with E-state index in [2.05, 4.69) is 15.6 Å². The number of hydrogen-bond acceptors (Lipinski definition) is 4. The van der Waals surface area contributed by atoms with E-state index in [1.165, 1.54) is 12.8 Å². The first-order chi connectivity index (χ1) is 10.8. The Kier molecular flexibility index (Phi) is 3.42. The van der Waals surface area contributed by atoms with Gasteiger partial charge in [-0.2, -0.15) is 0 Å². The fourth-order valence-electron chi connectivity index (χ4n) is 2.78. The molecule has 2 N–H and O–H groups in total. The van der Waals surface area contributed by atoms with Crippen LogP contribution in [0.5, 0.6) is 0 Å². The number of rotatable bonds is 4. The molecule has 1 saturated heterocycles. The van der Waals surface area contributed by atoms with E-state index in [4.69, 9.17) is 4.42 Å². The summed E-state index contributed by atoms with van der Waals surface area (Å²) in [5.74, 6) is 2.33. The molecule has 1 aliphatic carbocycles. The van der Waals surface area contributed by atoms with Gasteiger partial charge in [0.15, 0.2) is 11.7 Å². The summed E-state index contributed by atoms with van der Waals surface area (Å²) in [7, 11) is 0. The highest BCUT2D eigenvalue weighted by atomic mass is 16.4. The third-order valence-corrected chi connectivity index (χ3v) is 4.32. The molecule has 1 atom stereocenters. The minimum atomic E-state index is 0.0788. The standard InChI is InChI=1S/C17H19N3O2/c21-16(13-7-8-18-9-13)20-14-5-3-11(4-6-14)15-10-19-17(22-15)12-1-2-12/h3-6,10,12-13,18H,1-2,7-9H2,(H,20,21). The molecular weight excluding hydrogens is 278 g/mol. The Morgan fingerprint density at radius 1 is 1.23 bits per heavy atom. The zero-order valence-electron chi connectivity index (χ0n) is 12.3. The number of nitrogens with zero attached hydrogens (tertiary/aromatic N) is 1. The van der Waals surface area contributed by atoms with Crippen LogP contribution in [0.4, 0.5) is 5.69 Å². The Bertz CT molecular complexity index is 667. The maximum Gasteiger partial charge on any atom is 0.228 e. The molecule has 4 rings (SSSR count). The predicted molar refractivity (Wildman–Crippen MR) is 83.5 cm³/mol. The van der Waals surface area contributed by atoms with Gasteiger partial charge in [-0.25, -0.2) is 4.98 Å². The molecule has 5 heteroatoms. The van der Waals surface area contributed by atoms with E-state index in [-0.39, 0.29) is 11.8 Å². The number of anilines is 1. The third-order valence-electron chi connectivity index (χ3n) is 4.32. The first-order valence-electron chi connectivity index (χ1n) is 7.87. The molecule has 22 heavy (non-hydrogen) atoms. The SMILES string of the molecule is O=C(Nc1ccc(-c2cnc(C3CC3)o2)cc1)C1CCNC1. The first-order valence-corrected chi connectivity index (χ1v) is 7.87. The molecule has 0 radical (unpaired) electrons. The lowest BCUT2D eigenvalue weighted by Gasteiger charge is -2.10. The van der Waals surface area contributed by atoms with Crippen LogP contribution in [0.15, 0.2) is 34.9 Å². The normalized spacial score (nSPS) is 21.0. The van der Waals surface area contributed by atoms with Crippen LogP contribution >= 0.6 is 0 Å². The van der Waals surface area contributed by atoms with Crippen LogP contribution in [0, 0.1) is 5.92 Å². The van der Waals surface area contributed by atoms with Crippen molar-refractivity contribution < 1.29 is 9.21 Å². The lowest BCUT2D eigenvalue weighted by molar-refractivity contribution is -0.119. The van der Waals surface area contributed by atoms with Crippen LogP contribution in [0.3, 0.4) is 0 Å². The summed E-state index contributed by atoms with van der Waals surface area (Å²) in [6.45, 7) is 1.69. The molecule has 1 amide bonds. The Morgan fingerprint density at radius 3 is 2.73 bits per heavy atom. The highest BCUT2D eigenvalue weighted by molar-refractivity contribution is 5.93. The van der Waals surface area contributed by atoms with Gasteiger partial charge in [-0.05, 0) is 50.1 Å². The van der Waals surface area contributed by atoms with Gasteiger partial charge >= 0.3 is 0 Å². The van der Waals surface area contributed by atoms with E-state index in [9.17, 15) is 4.79 Å². The minimum absolute atomic E-state index is 0.0788. The molecule has 2 heterocycles. The maximum atomic E-state index is 12.1. The van der Waals surface area contributed by atoms with Gasteiger partial charge in [-0.15, -0.1) is 0 Å². The summed E-state index contributed by atoms with van der Waals surface area (Å²) in [5, 5.41) is 6.18. The second-order valence-electron chi connectivity index (χ2n) is 6.09. The zero-order chi connectivity index (χ0) is 14.9. The minimum Gasteiger partial charge on any atom is -0.440 e. The molecule has 1 aromatic heterocycles. The van der Waals surface area contributed by atoms with Crippen LogP contribution in [-0.2, 0) is 4.79 Å². The number of nitrogens with one attached hydrogen (secondary N) is 2. The molecule has 2 aliphatic rings. The molecule has 2 fully saturated rings. The summed E-state index contributed by atoms with van der Waals surface area (Å²) < 4.78 is 5.79. The van der Waals surface area contributed by atoms with Crippen LogP contribution in [0.1, 0.15) is 31.1 Å². The molecule has 1 aliphatic heterocycles. The Morgan fingerprint density at radius 2 is 2.05 bits per heavy atom. The average molecular weight is 297 g/mol. The van der Waals surface area contributed by atoms with Crippen molar-refractivity contribution in [1.82, 2.24) is 10.3 Å². The Labute approximate surface area is 129 Å². The molecule has 114 valence electrons. The number of benzene rings is 1. The van der Waals surface area contributed by atoms with Gasteiger partial charge in [0, 0.05) is 23.7 Å². The van der Waals surface area contributed by atoms with E-state index >= 15 is 0 Å². The van der Waals surface area contributed by atoms with E-state index in [0.29, 0.717) is 5.92 Å². The molecule has 2 aromatic rings.